The Bertz CT molecular complexity index is 590. The molecule has 0 aliphatic carbocycles. The van der Waals surface area contributed by atoms with E-state index in [1.165, 1.54) is 0 Å². The minimum Gasteiger partial charge on any atom is -0.298 e. The molecule has 0 saturated carbocycles. The van der Waals surface area contributed by atoms with E-state index >= 15 is 0 Å². The Morgan fingerprint density at radius 1 is 1.25 bits per heavy atom. The van der Waals surface area contributed by atoms with E-state index < -0.39 is 0 Å². The second-order valence-corrected chi connectivity index (χ2v) is 6.73. The van der Waals surface area contributed by atoms with Crippen LogP contribution in [0.4, 0.5) is 0 Å². The third kappa shape index (κ3) is 2.96. The average molecular weight is 311 g/mol. The first-order valence-electron chi connectivity index (χ1n) is 6.99. The van der Waals surface area contributed by atoms with Gasteiger partial charge < -0.3 is 0 Å². The molecule has 0 atom stereocenters. The van der Waals surface area contributed by atoms with Gasteiger partial charge in [-0.25, -0.2) is 9.97 Å². The molecule has 3 heterocycles. The Morgan fingerprint density at radius 3 is 2.70 bits per heavy atom. The summed E-state index contributed by atoms with van der Waals surface area (Å²) in [5.74, 6) is 0.836. The Labute approximate surface area is 128 Å². The standard InChI is InChI=1S/C14H19ClN4S/c1-10(2)19-6-4-18(5-7-19)9-12-16-13(15)11-3-8-20-14(11)17-12/h3,8,10H,4-7,9H2,1-2H3. The van der Waals surface area contributed by atoms with Crippen molar-refractivity contribution in [2.75, 3.05) is 26.2 Å². The van der Waals surface area contributed by atoms with Crippen molar-refractivity contribution in [3.63, 3.8) is 0 Å². The largest absolute Gasteiger partial charge is 0.298 e. The van der Waals surface area contributed by atoms with Gasteiger partial charge in [-0.1, -0.05) is 11.6 Å². The zero-order valence-electron chi connectivity index (χ0n) is 11.8. The molecule has 1 aliphatic rings. The second kappa shape index (κ2) is 5.93. The van der Waals surface area contributed by atoms with Gasteiger partial charge in [0.1, 0.15) is 15.8 Å². The minimum atomic E-state index is 0.576. The molecule has 2 aromatic heterocycles. The number of halogens is 1. The van der Waals surface area contributed by atoms with Crippen molar-refractivity contribution in [2.45, 2.75) is 26.4 Å². The van der Waals surface area contributed by atoms with Gasteiger partial charge in [0.05, 0.1) is 6.54 Å². The smallest absolute Gasteiger partial charge is 0.145 e. The highest BCUT2D eigenvalue weighted by Crippen LogP contribution is 2.25. The van der Waals surface area contributed by atoms with Crippen molar-refractivity contribution >= 4 is 33.2 Å². The lowest BCUT2D eigenvalue weighted by Gasteiger charge is -2.36. The predicted molar refractivity (Wildman–Crippen MR) is 84.4 cm³/mol. The van der Waals surface area contributed by atoms with Crippen LogP contribution < -0.4 is 0 Å². The molecule has 3 rings (SSSR count). The van der Waals surface area contributed by atoms with Crippen molar-refractivity contribution in [3.05, 3.63) is 22.4 Å². The van der Waals surface area contributed by atoms with Crippen molar-refractivity contribution in [1.29, 1.82) is 0 Å². The Morgan fingerprint density at radius 2 is 2.00 bits per heavy atom. The summed E-state index contributed by atoms with van der Waals surface area (Å²) in [4.78, 5) is 14.9. The molecular formula is C14H19ClN4S. The van der Waals surface area contributed by atoms with Gasteiger partial charge >= 0.3 is 0 Å². The van der Waals surface area contributed by atoms with Gasteiger partial charge in [0, 0.05) is 37.6 Å². The molecule has 1 fully saturated rings. The topological polar surface area (TPSA) is 32.3 Å². The number of fused-ring (bicyclic) bond motifs is 1. The monoisotopic (exact) mass is 310 g/mol. The average Bonchev–Trinajstić information content (AvgIpc) is 2.88. The first kappa shape index (κ1) is 14.2. The van der Waals surface area contributed by atoms with Gasteiger partial charge in [-0.2, -0.15) is 0 Å². The molecule has 6 heteroatoms. The first-order chi connectivity index (χ1) is 9.63. The number of nitrogens with zero attached hydrogens (tertiary/aromatic N) is 4. The first-order valence-corrected chi connectivity index (χ1v) is 8.25. The molecular weight excluding hydrogens is 292 g/mol. The van der Waals surface area contributed by atoms with Crippen molar-refractivity contribution < 1.29 is 0 Å². The fourth-order valence-corrected chi connectivity index (χ4v) is 3.66. The van der Waals surface area contributed by atoms with Crippen molar-refractivity contribution in [2.24, 2.45) is 0 Å². The maximum atomic E-state index is 6.21. The summed E-state index contributed by atoms with van der Waals surface area (Å²) in [5, 5.41) is 3.55. The van der Waals surface area contributed by atoms with Gasteiger partial charge in [-0.3, -0.25) is 9.80 Å². The third-order valence-electron chi connectivity index (χ3n) is 3.83. The lowest BCUT2D eigenvalue weighted by molar-refractivity contribution is 0.102. The van der Waals surface area contributed by atoms with Crippen LogP contribution >= 0.6 is 22.9 Å². The second-order valence-electron chi connectivity index (χ2n) is 5.48. The molecule has 1 saturated heterocycles. The van der Waals surface area contributed by atoms with Crippen LogP contribution in [-0.4, -0.2) is 52.0 Å². The molecule has 108 valence electrons. The van der Waals surface area contributed by atoms with E-state index in [0.717, 1.165) is 48.8 Å². The predicted octanol–water partition coefficient (Wildman–Crippen LogP) is 2.87. The molecule has 2 aromatic rings. The summed E-state index contributed by atoms with van der Waals surface area (Å²) < 4.78 is 0. The van der Waals surface area contributed by atoms with Gasteiger partial charge in [0.25, 0.3) is 0 Å². The fraction of sp³-hybridized carbons (Fsp3) is 0.571. The lowest BCUT2D eigenvalue weighted by Crippen LogP contribution is -2.48. The SMILES string of the molecule is CC(C)N1CCN(Cc2nc(Cl)c3ccsc3n2)CC1. The van der Waals surface area contributed by atoms with Gasteiger partial charge in [-0.15, -0.1) is 11.3 Å². The van der Waals surface area contributed by atoms with Gasteiger partial charge in [0.15, 0.2) is 0 Å². The number of hydrogen-bond acceptors (Lipinski definition) is 5. The van der Waals surface area contributed by atoms with E-state index in [4.69, 9.17) is 11.6 Å². The molecule has 4 nitrogen and oxygen atoms in total. The van der Waals surface area contributed by atoms with E-state index in [1.54, 1.807) is 11.3 Å². The molecule has 0 N–H and O–H groups in total. The summed E-state index contributed by atoms with van der Waals surface area (Å²) in [5.41, 5.74) is 0. The summed E-state index contributed by atoms with van der Waals surface area (Å²) in [7, 11) is 0. The minimum absolute atomic E-state index is 0.576. The molecule has 0 bridgehead atoms. The van der Waals surface area contributed by atoms with E-state index in [0.29, 0.717) is 11.2 Å². The van der Waals surface area contributed by atoms with Crippen LogP contribution in [0.3, 0.4) is 0 Å². The van der Waals surface area contributed by atoms with E-state index in [2.05, 4.69) is 33.6 Å². The van der Waals surface area contributed by atoms with Crippen LogP contribution in [-0.2, 0) is 6.54 Å². The summed E-state index contributed by atoms with van der Waals surface area (Å²) in [6.45, 7) is 9.68. The maximum absolute atomic E-state index is 6.21. The molecule has 0 amide bonds. The molecule has 0 spiro atoms. The highest BCUT2D eigenvalue weighted by Gasteiger charge is 2.20. The summed E-state index contributed by atoms with van der Waals surface area (Å²) in [6.07, 6.45) is 0. The van der Waals surface area contributed by atoms with Crippen LogP contribution in [0.25, 0.3) is 10.2 Å². The quantitative estimate of drug-likeness (QED) is 0.816. The molecule has 0 unspecified atom stereocenters. The summed E-state index contributed by atoms with van der Waals surface area (Å²) >= 11 is 7.83. The molecule has 0 radical (unpaired) electrons. The number of piperazine rings is 1. The maximum Gasteiger partial charge on any atom is 0.145 e. The highest BCUT2D eigenvalue weighted by atomic mass is 35.5. The number of hydrogen-bond donors (Lipinski definition) is 0. The van der Waals surface area contributed by atoms with Crippen LogP contribution in [0.15, 0.2) is 11.4 Å². The zero-order chi connectivity index (χ0) is 14.1. The lowest BCUT2D eigenvalue weighted by atomic mass is 10.2. The highest BCUT2D eigenvalue weighted by molar-refractivity contribution is 7.16. The zero-order valence-corrected chi connectivity index (χ0v) is 13.4. The third-order valence-corrected chi connectivity index (χ3v) is 4.92. The fourth-order valence-electron chi connectivity index (χ4n) is 2.57. The van der Waals surface area contributed by atoms with Crippen LogP contribution in [0.5, 0.6) is 0 Å². The van der Waals surface area contributed by atoms with Gasteiger partial charge in [0.2, 0.25) is 0 Å². The Kier molecular flexibility index (Phi) is 4.21. The van der Waals surface area contributed by atoms with E-state index in [-0.39, 0.29) is 0 Å². The van der Waals surface area contributed by atoms with Crippen LogP contribution in [0, 0.1) is 0 Å². The Balaban J connectivity index is 1.68. The summed E-state index contributed by atoms with van der Waals surface area (Å²) in [6, 6.07) is 2.61. The molecule has 20 heavy (non-hydrogen) atoms. The van der Waals surface area contributed by atoms with Gasteiger partial charge in [-0.05, 0) is 25.3 Å². The van der Waals surface area contributed by atoms with Crippen LogP contribution in [0.2, 0.25) is 5.15 Å². The normalized spacial score (nSPS) is 18.2. The Hall–Kier alpha value is -0.750. The number of rotatable bonds is 3. The molecule has 1 aliphatic heterocycles. The number of aromatic nitrogens is 2. The van der Waals surface area contributed by atoms with Crippen molar-refractivity contribution in [1.82, 2.24) is 19.8 Å². The van der Waals surface area contributed by atoms with Crippen LogP contribution in [0.1, 0.15) is 19.7 Å². The number of thiophene rings is 1. The van der Waals surface area contributed by atoms with E-state index in [9.17, 15) is 0 Å². The van der Waals surface area contributed by atoms with Crippen molar-refractivity contribution in [3.8, 4) is 0 Å². The van der Waals surface area contributed by atoms with E-state index in [1.807, 2.05) is 11.4 Å². The molecule has 0 aromatic carbocycles.